The summed E-state index contributed by atoms with van der Waals surface area (Å²) in [5.41, 5.74) is 11.9. The van der Waals surface area contributed by atoms with Crippen LogP contribution in [0, 0.1) is 0 Å². The van der Waals surface area contributed by atoms with Gasteiger partial charge in [0, 0.05) is 17.3 Å². The molecule has 0 spiro atoms. The number of carbonyl (C=O) groups is 1. The highest BCUT2D eigenvalue weighted by atomic mass is 79.9. The number of rotatable bonds is 3. The van der Waals surface area contributed by atoms with Crippen LogP contribution in [0.1, 0.15) is 10.4 Å². The lowest BCUT2D eigenvalue weighted by atomic mass is 10.2. The molecule has 18 heavy (non-hydrogen) atoms. The molecule has 0 saturated heterocycles. The zero-order chi connectivity index (χ0) is 13.1. The number of halogens is 1. The fourth-order valence-corrected chi connectivity index (χ4v) is 1.77. The first kappa shape index (κ1) is 12.3. The molecule has 0 unspecified atom stereocenters. The van der Waals surface area contributed by atoms with Crippen LogP contribution in [-0.4, -0.2) is 15.9 Å². The molecule has 92 valence electrons. The average Bonchev–Trinajstić information content (AvgIpc) is 2.27. The number of carbonyl (C=O) groups excluding carboxylic acids is 1. The number of nitrogens with zero attached hydrogens (tertiary/aromatic N) is 2. The molecular formula is C11H10BrN5O. The number of amides is 1. The Hall–Kier alpha value is -2.15. The summed E-state index contributed by atoms with van der Waals surface area (Å²) in [6, 6.07) is 8.31. The van der Waals surface area contributed by atoms with E-state index >= 15 is 0 Å². The maximum atomic E-state index is 11.0. The Bertz CT molecular complexity index is 581. The van der Waals surface area contributed by atoms with E-state index in [9.17, 15) is 4.79 Å². The highest BCUT2D eigenvalue weighted by Crippen LogP contribution is 2.18. The molecule has 1 amide bonds. The number of nitrogens with two attached hydrogens (primary N) is 2. The number of hydrogen-bond donors (Lipinski definition) is 3. The predicted molar refractivity (Wildman–Crippen MR) is 72.4 cm³/mol. The molecule has 0 radical (unpaired) electrons. The maximum Gasteiger partial charge on any atom is 0.248 e. The van der Waals surface area contributed by atoms with E-state index in [1.165, 1.54) is 0 Å². The van der Waals surface area contributed by atoms with Crippen molar-refractivity contribution in [1.29, 1.82) is 0 Å². The molecule has 0 aliphatic heterocycles. The smallest absolute Gasteiger partial charge is 0.248 e. The Balaban J connectivity index is 2.28. The molecule has 0 atom stereocenters. The molecule has 0 aliphatic carbocycles. The first-order valence-corrected chi connectivity index (χ1v) is 5.81. The van der Waals surface area contributed by atoms with Crippen molar-refractivity contribution in [2.24, 2.45) is 5.73 Å². The van der Waals surface area contributed by atoms with Crippen molar-refractivity contribution in [3.8, 4) is 0 Å². The molecule has 2 aromatic rings. The largest absolute Gasteiger partial charge is 0.383 e. The summed E-state index contributed by atoms with van der Waals surface area (Å²) < 4.78 is 0.573. The lowest BCUT2D eigenvalue weighted by molar-refractivity contribution is 0.100. The van der Waals surface area contributed by atoms with Crippen molar-refractivity contribution in [3.05, 3.63) is 40.5 Å². The van der Waals surface area contributed by atoms with Crippen LogP contribution in [0.3, 0.4) is 0 Å². The highest BCUT2D eigenvalue weighted by molar-refractivity contribution is 9.10. The van der Waals surface area contributed by atoms with E-state index in [0.29, 0.717) is 27.6 Å². The third kappa shape index (κ3) is 2.95. The molecule has 7 heteroatoms. The Morgan fingerprint density at radius 3 is 2.72 bits per heavy atom. The molecule has 1 aromatic heterocycles. The monoisotopic (exact) mass is 307 g/mol. The fourth-order valence-electron chi connectivity index (χ4n) is 1.37. The minimum absolute atomic E-state index is 0.337. The average molecular weight is 308 g/mol. The number of nitrogen functional groups attached to an aromatic ring is 1. The molecule has 0 fully saturated rings. The van der Waals surface area contributed by atoms with Gasteiger partial charge in [0.25, 0.3) is 0 Å². The van der Waals surface area contributed by atoms with Gasteiger partial charge in [-0.15, -0.1) is 0 Å². The van der Waals surface area contributed by atoms with Crippen molar-refractivity contribution in [3.63, 3.8) is 0 Å². The molecule has 2 rings (SSSR count). The Morgan fingerprint density at radius 1 is 1.28 bits per heavy atom. The van der Waals surface area contributed by atoms with E-state index < -0.39 is 5.91 Å². The third-order valence-corrected chi connectivity index (χ3v) is 2.52. The van der Waals surface area contributed by atoms with Crippen molar-refractivity contribution in [2.75, 3.05) is 11.1 Å². The van der Waals surface area contributed by atoms with Gasteiger partial charge in [-0.25, -0.2) is 4.98 Å². The van der Waals surface area contributed by atoms with Crippen LogP contribution >= 0.6 is 15.9 Å². The summed E-state index contributed by atoms with van der Waals surface area (Å²) in [4.78, 5) is 19.2. The molecular weight excluding hydrogens is 298 g/mol. The van der Waals surface area contributed by atoms with Crippen LogP contribution in [0.5, 0.6) is 0 Å². The second-order valence-electron chi connectivity index (χ2n) is 3.51. The predicted octanol–water partition coefficient (Wildman–Crippen LogP) is 1.66. The van der Waals surface area contributed by atoms with Gasteiger partial charge in [-0.2, -0.15) is 4.98 Å². The van der Waals surface area contributed by atoms with E-state index in [1.54, 1.807) is 30.3 Å². The second-order valence-corrected chi connectivity index (χ2v) is 4.32. The molecule has 1 aromatic carbocycles. The summed E-state index contributed by atoms with van der Waals surface area (Å²) >= 11 is 3.22. The van der Waals surface area contributed by atoms with Crippen LogP contribution in [0.15, 0.2) is 34.9 Å². The van der Waals surface area contributed by atoms with Gasteiger partial charge >= 0.3 is 0 Å². The first-order chi connectivity index (χ1) is 8.54. The van der Waals surface area contributed by atoms with Gasteiger partial charge in [0.1, 0.15) is 10.4 Å². The minimum Gasteiger partial charge on any atom is -0.383 e. The molecule has 1 heterocycles. The zero-order valence-electron chi connectivity index (χ0n) is 9.22. The molecule has 0 bridgehead atoms. The number of aromatic nitrogens is 2. The topological polar surface area (TPSA) is 107 Å². The highest BCUT2D eigenvalue weighted by Gasteiger charge is 2.04. The van der Waals surface area contributed by atoms with Crippen LogP contribution in [0.2, 0.25) is 0 Å². The van der Waals surface area contributed by atoms with Crippen molar-refractivity contribution in [2.45, 2.75) is 0 Å². The minimum atomic E-state index is -0.492. The quantitative estimate of drug-likeness (QED) is 0.748. The van der Waals surface area contributed by atoms with Crippen LogP contribution in [0.4, 0.5) is 17.5 Å². The third-order valence-electron chi connectivity index (χ3n) is 2.12. The van der Waals surface area contributed by atoms with E-state index in [1.807, 2.05) is 0 Å². The van der Waals surface area contributed by atoms with E-state index in [4.69, 9.17) is 11.5 Å². The van der Waals surface area contributed by atoms with Gasteiger partial charge in [0.2, 0.25) is 11.9 Å². The fraction of sp³-hybridized carbons (Fsp3) is 0. The van der Waals surface area contributed by atoms with E-state index in [-0.39, 0.29) is 0 Å². The number of benzene rings is 1. The Kier molecular flexibility index (Phi) is 3.42. The SMILES string of the molecule is NC(=O)c1cccc(Nc2nc(N)cc(Br)n2)c1. The maximum absolute atomic E-state index is 11.0. The first-order valence-electron chi connectivity index (χ1n) is 5.01. The van der Waals surface area contributed by atoms with Gasteiger partial charge in [0.05, 0.1) is 0 Å². The molecule has 0 saturated carbocycles. The summed E-state index contributed by atoms with van der Waals surface area (Å²) in [6.07, 6.45) is 0. The Morgan fingerprint density at radius 2 is 2.06 bits per heavy atom. The second kappa shape index (κ2) is 5.01. The summed E-state index contributed by atoms with van der Waals surface area (Å²) in [7, 11) is 0. The molecule has 5 N–H and O–H groups in total. The standard InChI is InChI=1S/C11H10BrN5O/c12-8-5-9(13)17-11(16-8)15-7-3-1-2-6(4-7)10(14)18/h1-5H,(H2,14,18)(H3,13,15,16,17). The Labute approximate surface area is 112 Å². The summed E-state index contributed by atoms with van der Waals surface area (Å²) in [5, 5.41) is 2.94. The van der Waals surface area contributed by atoms with Crippen molar-refractivity contribution in [1.82, 2.24) is 9.97 Å². The van der Waals surface area contributed by atoms with E-state index in [2.05, 4.69) is 31.2 Å². The molecule has 6 nitrogen and oxygen atoms in total. The number of hydrogen-bond acceptors (Lipinski definition) is 5. The normalized spacial score (nSPS) is 10.1. The lowest BCUT2D eigenvalue weighted by Crippen LogP contribution is -2.11. The van der Waals surface area contributed by atoms with Crippen LogP contribution in [0.25, 0.3) is 0 Å². The van der Waals surface area contributed by atoms with Crippen LogP contribution in [-0.2, 0) is 0 Å². The van der Waals surface area contributed by atoms with Gasteiger partial charge < -0.3 is 16.8 Å². The van der Waals surface area contributed by atoms with Crippen molar-refractivity contribution >= 4 is 39.3 Å². The lowest BCUT2D eigenvalue weighted by Gasteiger charge is -2.06. The van der Waals surface area contributed by atoms with Gasteiger partial charge in [0.15, 0.2) is 0 Å². The van der Waals surface area contributed by atoms with Gasteiger partial charge in [-0.05, 0) is 34.1 Å². The van der Waals surface area contributed by atoms with Crippen molar-refractivity contribution < 1.29 is 4.79 Å². The van der Waals surface area contributed by atoms with Gasteiger partial charge in [-0.1, -0.05) is 6.07 Å². The van der Waals surface area contributed by atoms with Gasteiger partial charge in [-0.3, -0.25) is 4.79 Å². The number of anilines is 3. The summed E-state index contributed by atoms with van der Waals surface area (Å²) in [6.45, 7) is 0. The summed E-state index contributed by atoms with van der Waals surface area (Å²) in [5.74, 6) is 0.183. The van der Waals surface area contributed by atoms with E-state index in [0.717, 1.165) is 0 Å². The number of primary amides is 1. The van der Waals surface area contributed by atoms with Crippen LogP contribution < -0.4 is 16.8 Å². The zero-order valence-corrected chi connectivity index (χ0v) is 10.8. The molecule has 0 aliphatic rings. The number of nitrogens with one attached hydrogen (secondary N) is 1.